The number of thiazole rings is 1. The minimum Gasteiger partial charge on any atom is -0.495 e. The lowest BCUT2D eigenvalue weighted by atomic mass is 9.97. The van der Waals surface area contributed by atoms with Crippen LogP contribution in [-0.4, -0.2) is 55.1 Å². The Morgan fingerprint density at radius 3 is 2.65 bits per heavy atom. The van der Waals surface area contributed by atoms with Gasteiger partial charge in [0, 0.05) is 26.7 Å². The summed E-state index contributed by atoms with van der Waals surface area (Å²) in [5, 5.41) is 3.79. The lowest BCUT2D eigenvalue weighted by Crippen LogP contribution is -2.60. The monoisotopic (exact) mass is 374 g/mol. The molecule has 140 valence electrons. The first-order valence-electron chi connectivity index (χ1n) is 8.72. The number of aryl methyl sites for hydroxylation is 1. The summed E-state index contributed by atoms with van der Waals surface area (Å²) in [6, 6.07) is 8.04. The van der Waals surface area contributed by atoms with Crippen molar-refractivity contribution in [2.45, 2.75) is 26.3 Å². The van der Waals surface area contributed by atoms with E-state index < -0.39 is 0 Å². The second kappa shape index (κ2) is 7.15. The van der Waals surface area contributed by atoms with Gasteiger partial charge in [0.25, 0.3) is 5.91 Å². The van der Waals surface area contributed by atoms with E-state index in [1.54, 1.807) is 7.11 Å². The number of anilines is 2. The van der Waals surface area contributed by atoms with E-state index >= 15 is 0 Å². The van der Waals surface area contributed by atoms with Gasteiger partial charge in [-0.2, -0.15) is 0 Å². The minimum atomic E-state index is -0.201. The van der Waals surface area contributed by atoms with E-state index in [1.807, 2.05) is 37.1 Å². The number of ether oxygens (including phenoxy) is 1. The molecule has 1 saturated heterocycles. The van der Waals surface area contributed by atoms with Gasteiger partial charge in [0.1, 0.15) is 10.6 Å². The van der Waals surface area contributed by atoms with Crippen molar-refractivity contribution in [1.29, 1.82) is 0 Å². The van der Waals surface area contributed by atoms with Gasteiger partial charge in [0.15, 0.2) is 5.13 Å². The van der Waals surface area contributed by atoms with Crippen molar-refractivity contribution in [3.8, 4) is 5.75 Å². The number of methoxy groups -OCH3 is 1. The molecule has 1 aromatic heterocycles. The number of carbonyl (C=O) groups is 1. The Balaban J connectivity index is 1.82. The van der Waals surface area contributed by atoms with Crippen molar-refractivity contribution in [2.24, 2.45) is 0 Å². The molecule has 3 rings (SSSR count). The molecule has 1 aromatic carbocycles. The quantitative estimate of drug-likeness (QED) is 0.890. The lowest BCUT2D eigenvalue weighted by Gasteiger charge is -2.48. The number of rotatable bonds is 4. The molecule has 2 heterocycles. The third kappa shape index (κ3) is 3.35. The number of piperazine rings is 1. The Bertz CT molecular complexity index is 803. The molecule has 0 bridgehead atoms. The van der Waals surface area contributed by atoms with E-state index in [2.05, 4.69) is 35.1 Å². The first kappa shape index (κ1) is 18.5. The summed E-state index contributed by atoms with van der Waals surface area (Å²) in [5.74, 6) is 0.923. The van der Waals surface area contributed by atoms with E-state index in [1.165, 1.54) is 11.3 Å². The van der Waals surface area contributed by atoms with Gasteiger partial charge in [-0.3, -0.25) is 4.79 Å². The Morgan fingerprint density at radius 2 is 2.04 bits per heavy atom. The summed E-state index contributed by atoms with van der Waals surface area (Å²) in [6.45, 7) is 8.30. The van der Waals surface area contributed by atoms with Crippen LogP contribution >= 0.6 is 11.3 Å². The molecule has 26 heavy (non-hydrogen) atoms. The van der Waals surface area contributed by atoms with E-state index in [4.69, 9.17) is 4.74 Å². The normalized spacial score (nSPS) is 16.5. The number of aromatic nitrogens is 1. The van der Waals surface area contributed by atoms with Crippen LogP contribution in [0.1, 0.15) is 29.2 Å². The van der Waals surface area contributed by atoms with E-state index in [0.717, 1.165) is 33.7 Å². The van der Waals surface area contributed by atoms with Crippen molar-refractivity contribution in [3.05, 3.63) is 34.8 Å². The molecular weight excluding hydrogens is 348 g/mol. The van der Waals surface area contributed by atoms with Crippen LogP contribution in [0.15, 0.2) is 24.3 Å². The van der Waals surface area contributed by atoms with Crippen LogP contribution in [0.5, 0.6) is 5.75 Å². The van der Waals surface area contributed by atoms with Crippen LogP contribution in [0.25, 0.3) is 0 Å². The van der Waals surface area contributed by atoms with Crippen LogP contribution in [0, 0.1) is 6.92 Å². The van der Waals surface area contributed by atoms with Crippen LogP contribution in [0.2, 0.25) is 0 Å². The van der Waals surface area contributed by atoms with Crippen LogP contribution < -0.4 is 15.0 Å². The Labute approximate surface area is 158 Å². The molecule has 1 aliphatic rings. The maximum absolute atomic E-state index is 13.0. The molecule has 2 aromatic rings. The first-order valence-corrected chi connectivity index (χ1v) is 9.54. The van der Waals surface area contributed by atoms with Gasteiger partial charge in [-0.15, -0.1) is 0 Å². The van der Waals surface area contributed by atoms with E-state index in [0.29, 0.717) is 13.1 Å². The van der Waals surface area contributed by atoms with Gasteiger partial charge in [-0.1, -0.05) is 23.5 Å². The average Bonchev–Trinajstić information content (AvgIpc) is 3.01. The van der Waals surface area contributed by atoms with Crippen LogP contribution in [0.3, 0.4) is 0 Å². The second-order valence-electron chi connectivity index (χ2n) is 7.05. The van der Waals surface area contributed by atoms with Gasteiger partial charge in [0.05, 0.1) is 24.0 Å². The number of hydrogen-bond acceptors (Lipinski definition) is 6. The zero-order valence-electron chi connectivity index (χ0n) is 16.0. The summed E-state index contributed by atoms with van der Waals surface area (Å²) < 4.78 is 5.53. The zero-order chi connectivity index (χ0) is 18.9. The van der Waals surface area contributed by atoms with E-state index in [-0.39, 0.29) is 11.4 Å². The fraction of sp³-hybridized carbons (Fsp3) is 0.474. The predicted molar refractivity (Wildman–Crippen MR) is 107 cm³/mol. The molecular formula is C19H26N4O2S. The van der Waals surface area contributed by atoms with Gasteiger partial charge >= 0.3 is 0 Å². The topological polar surface area (TPSA) is 57.7 Å². The Hall–Kier alpha value is -2.28. The molecule has 6 nitrogen and oxygen atoms in total. The van der Waals surface area contributed by atoms with Crippen molar-refractivity contribution >= 4 is 28.1 Å². The molecule has 1 N–H and O–H groups in total. The molecule has 0 radical (unpaired) electrons. The number of amides is 1. The molecule has 0 aliphatic carbocycles. The second-order valence-corrected chi connectivity index (χ2v) is 8.05. The summed E-state index contributed by atoms with van der Waals surface area (Å²) in [6.07, 6.45) is 0. The maximum atomic E-state index is 13.0. The lowest BCUT2D eigenvalue weighted by molar-refractivity contribution is 0.0690. The maximum Gasteiger partial charge on any atom is 0.266 e. The number of nitrogens with one attached hydrogen (secondary N) is 1. The number of nitrogens with zero attached hydrogens (tertiary/aromatic N) is 3. The zero-order valence-corrected chi connectivity index (χ0v) is 16.8. The number of hydrogen-bond donors (Lipinski definition) is 1. The molecule has 0 atom stereocenters. The van der Waals surface area contributed by atoms with Crippen LogP contribution in [-0.2, 0) is 0 Å². The van der Waals surface area contributed by atoms with Crippen molar-refractivity contribution in [2.75, 3.05) is 44.0 Å². The SMILES string of the molecule is CNc1nc(C)c(C(=O)N2CCN(c3ccccc3OC)C(C)(C)C2)s1. The van der Waals surface area contributed by atoms with Crippen LogP contribution in [0.4, 0.5) is 10.8 Å². The van der Waals surface area contributed by atoms with Crippen molar-refractivity contribution < 1.29 is 9.53 Å². The standard InChI is InChI=1S/C19H26N4O2S/c1-13-16(26-18(20-4)21-13)17(24)22-10-11-23(19(2,3)12-22)14-8-6-7-9-15(14)25-5/h6-9H,10-12H2,1-5H3,(H,20,21). The highest BCUT2D eigenvalue weighted by atomic mass is 32.1. The molecule has 1 aliphatic heterocycles. The average molecular weight is 375 g/mol. The fourth-order valence-electron chi connectivity index (χ4n) is 3.47. The summed E-state index contributed by atoms with van der Waals surface area (Å²) in [7, 11) is 3.51. The smallest absolute Gasteiger partial charge is 0.266 e. The minimum absolute atomic E-state index is 0.0641. The Kier molecular flexibility index (Phi) is 5.09. The first-order chi connectivity index (χ1) is 12.4. The predicted octanol–water partition coefficient (Wildman–Crippen LogP) is 3.24. The highest BCUT2D eigenvalue weighted by Gasteiger charge is 2.37. The molecule has 1 amide bonds. The highest BCUT2D eigenvalue weighted by Crippen LogP contribution is 2.35. The molecule has 7 heteroatoms. The fourth-order valence-corrected chi connectivity index (χ4v) is 4.36. The summed E-state index contributed by atoms with van der Waals surface area (Å²) in [5.41, 5.74) is 1.65. The van der Waals surface area contributed by atoms with Gasteiger partial charge in [0.2, 0.25) is 0 Å². The molecule has 0 saturated carbocycles. The Morgan fingerprint density at radius 1 is 1.31 bits per heavy atom. The number of carbonyl (C=O) groups excluding carboxylic acids is 1. The third-order valence-electron chi connectivity index (χ3n) is 4.77. The summed E-state index contributed by atoms with van der Waals surface area (Å²) >= 11 is 1.42. The van der Waals surface area contributed by atoms with Gasteiger partial charge in [-0.25, -0.2) is 4.98 Å². The molecule has 0 unspecified atom stereocenters. The van der Waals surface area contributed by atoms with Gasteiger partial charge in [-0.05, 0) is 32.9 Å². The number of para-hydroxylation sites is 2. The van der Waals surface area contributed by atoms with Gasteiger partial charge < -0.3 is 19.9 Å². The van der Waals surface area contributed by atoms with Crippen molar-refractivity contribution in [1.82, 2.24) is 9.88 Å². The molecule has 1 fully saturated rings. The third-order valence-corrected chi connectivity index (χ3v) is 5.93. The largest absolute Gasteiger partial charge is 0.495 e. The molecule has 0 spiro atoms. The number of benzene rings is 1. The van der Waals surface area contributed by atoms with Crippen molar-refractivity contribution in [3.63, 3.8) is 0 Å². The van der Waals surface area contributed by atoms with E-state index in [9.17, 15) is 4.79 Å². The summed E-state index contributed by atoms with van der Waals surface area (Å²) in [4.78, 5) is 22.4. The highest BCUT2D eigenvalue weighted by molar-refractivity contribution is 7.17.